The number of hydrogen-bond donors (Lipinski definition) is 2. The Kier molecular flexibility index (Phi) is 7.80. The third kappa shape index (κ3) is 5.82. The summed E-state index contributed by atoms with van der Waals surface area (Å²) in [4.78, 5) is 2.37. The second-order valence-electron chi connectivity index (χ2n) is 3.00. The Morgan fingerprint density at radius 2 is 2.31 bits per heavy atom. The molecule has 1 heterocycles. The van der Waals surface area contributed by atoms with Gasteiger partial charge < -0.3 is 15.2 Å². The van der Waals surface area contributed by atoms with E-state index in [2.05, 4.69) is 21.2 Å². The van der Waals surface area contributed by atoms with Crippen LogP contribution in [-0.4, -0.2) is 31.5 Å². The van der Waals surface area contributed by atoms with E-state index in [0.29, 0.717) is 13.2 Å². The van der Waals surface area contributed by atoms with Crippen LogP contribution < -0.4 is 5.32 Å². The third-order valence-corrected chi connectivity index (χ3v) is 3.06. The van der Waals surface area contributed by atoms with Crippen LogP contribution >= 0.6 is 33.9 Å². The summed E-state index contributed by atoms with van der Waals surface area (Å²) in [5.74, 6) is 3.02. The van der Waals surface area contributed by atoms with Gasteiger partial charge in [-0.1, -0.05) is 0 Å². The van der Waals surface area contributed by atoms with Crippen LogP contribution in [0.4, 0.5) is 0 Å². The molecular weight excluding hydrogens is 337 g/mol. The number of ether oxygens (including phenoxy) is 1. The summed E-state index contributed by atoms with van der Waals surface area (Å²) >= 11 is 3.74. The normalized spacial score (nSPS) is 9.88. The number of nitrogens with one attached hydrogen (secondary N) is 1. The zero-order chi connectivity index (χ0) is 11.6. The average molecular weight is 351 g/mol. The zero-order valence-corrected chi connectivity index (χ0v) is 11.8. The molecule has 0 saturated carbocycles. The van der Waals surface area contributed by atoms with Crippen molar-refractivity contribution in [3.05, 3.63) is 21.9 Å². The molecule has 0 aromatic carbocycles. The summed E-state index contributed by atoms with van der Waals surface area (Å²) in [6.07, 6.45) is 0. The predicted octanol–water partition coefficient (Wildman–Crippen LogP) is 1.59. The lowest BCUT2D eigenvalue weighted by Gasteiger charge is -2.03. The first-order valence-corrected chi connectivity index (χ1v) is 6.86. The largest absolute Gasteiger partial charge is 0.394 e. The summed E-state index contributed by atoms with van der Waals surface area (Å²) in [6.45, 7) is 2.77. The van der Waals surface area contributed by atoms with Crippen molar-refractivity contribution in [3.63, 3.8) is 0 Å². The summed E-state index contributed by atoms with van der Waals surface area (Å²) in [7, 11) is 0. The van der Waals surface area contributed by atoms with Crippen molar-refractivity contribution >= 4 is 33.9 Å². The SMILES string of the molecule is OCCOCCNCc1ccc(C#CI)s1. The van der Waals surface area contributed by atoms with E-state index >= 15 is 0 Å². The summed E-state index contributed by atoms with van der Waals surface area (Å²) in [5, 5.41) is 11.8. The molecule has 3 nitrogen and oxygen atoms in total. The number of thiophene rings is 1. The molecule has 0 fully saturated rings. The molecule has 0 aliphatic rings. The molecule has 1 rings (SSSR count). The van der Waals surface area contributed by atoms with Gasteiger partial charge in [-0.05, 0) is 22.0 Å². The smallest absolute Gasteiger partial charge is 0.0780 e. The highest BCUT2D eigenvalue weighted by atomic mass is 127. The first kappa shape index (κ1) is 13.9. The van der Waals surface area contributed by atoms with Gasteiger partial charge in [0.25, 0.3) is 0 Å². The van der Waals surface area contributed by atoms with Crippen LogP contribution in [0, 0.1) is 9.85 Å². The van der Waals surface area contributed by atoms with E-state index in [-0.39, 0.29) is 6.61 Å². The van der Waals surface area contributed by atoms with Crippen LogP contribution in [0.5, 0.6) is 0 Å². The lowest BCUT2D eigenvalue weighted by atomic mass is 10.4. The minimum absolute atomic E-state index is 0.0866. The fraction of sp³-hybridized carbons (Fsp3) is 0.455. The predicted molar refractivity (Wildman–Crippen MR) is 74.8 cm³/mol. The summed E-state index contributed by atoms with van der Waals surface area (Å²) in [6, 6.07) is 4.12. The van der Waals surface area contributed by atoms with Gasteiger partial charge in [0.2, 0.25) is 0 Å². The molecule has 16 heavy (non-hydrogen) atoms. The molecule has 0 amide bonds. The molecule has 0 radical (unpaired) electrons. The Morgan fingerprint density at radius 3 is 3.06 bits per heavy atom. The molecule has 0 bridgehead atoms. The number of halogens is 1. The van der Waals surface area contributed by atoms with Crippen molar-refractivity contribution in [1.29, 1.82) is 0 Å². The Hall–Kier alpha value is -0.130. The maximum absolute atomic E-state index is 8.50. The molecule has 0 atom stereocenters. The van der Waals surface area contributed by atoms with Gasteiger partial charge in [-0.15, -0.1) is 11.3 Å². The molecule has 5 heteroatoms. The van der Waals surface area contributed by atoms with Crippen LogP contribution in [0.25, 0.3) is 0 Å². The molecular formula is C11H14INO2S. The fourth-order valence-electron chi connectivity index (χ4n) is 1.11. The van der Waals surface area contributed by atoms with Crippen molar-refractivity contribution in [1.82, 2.24) is 5.32 Å². The Balaban J connectivity index is 2.13. The molecule has 2 N–H and O–H groups in total. The standard InChI is InChI=1S/C11H14INO2S/c12-4-3-10-1-2-11(16-10)9-13-5-7-15-8-6-14/h1-2,13-14H,5-9H2. The summed E-state index contributed by atoms with van der Waals surface area (Å²) < 4.78 is 7.99. The zero-order valence-electron chi connectivity index (χ0n) is 8.83. The van der Waals surface area contributed by atoms with Crippen molar-refractivity contribution < 1.29 is 9.84 Å². The topological polar surface area (TPSA) is 41.5 Å². The Morgan fingerprint density at radius 1 is 1.44 bits per heavy atom. The van der Waals surface area contributed by atoms with Gasteiger partial charge in [-0.3, -0.25) is 0 Å². The first-order valence-electron chi connectivity index (χ1n) is 4.96. The molecule has 88 valence electrons. The van der Waals surface area contributed by atoms with Crippen LogP contribution in [0.2, 0.25) is 0 Å². The van der Waals surface area contributed by atoms with Gasteiger partial charge >= 0.3 is 0 Å². The van der Waals surface area contributed by atoms with Crippen molar-refractivity contribution in [2.24, 2.45) is 0 Å². The van der Waals surface area contributed by atoms with Crippen molar-refractivity contribution in [2.45, 2.75) is 6.54 Å². The van der Waals surface area contributed by atoms with Crippen LogP contribution in [0.3, 0.4) is 0 Å². The number of hydrogen-bond acceptors (Lipinski definition) is 4. The lowest BCUT2D eigenvalue weighted by Crippen LogP contribution is -2.19. The van der Waals surface area contributed by atoms with E-state index in [0.717, 1.165) is 18.0 Å². The molecule has 0 aliphatic carbocycles. The van der Waals surface area contributed by atoms with Crippen LogP contribution in [0.15, 0.2) is 12.1 Å². The van der Waals surface area contributed by atoms with E-state index < -0.39 is 0 Å². The van der Waals surface area contributed by atoms with Crippen molar-refractivity contribution in [3.8, 4) is 9.85 Å². The number of aliphatic hydroxyl groups excluding tert-OH is 1. The molecule has 1 aromatic heterocycles. The first-order chi connectivity index (χ1) is 7.86. The lowest BCUT2D eigenvalue weighted by molar-refractivity contribution is 0.0938. The monoisotopic (exact) mass is 351 g/mol. The summed E-state index contributed by atoms with van der Waals surface area (Å²) in [5.41, 5.74) is 0. The van der Waals surface area contributed by atoms with Gasteiger partial charge in [-0.25, -0.2) is 0 Å². The van der Waals surface area contributed by atoms with Gasteiger partial charge in [-0.2, -0.15) is 0 Å². The van der Waals surface area contributed by atoms with Crippen LogP contribution in [0.1, 0.15) is 9.75 Å². The molecule has 0 saturated heterocycles. The second-order valence-corrected chi connectivity index (χ2v) is 4.71. The number of aliphatic hydroxyl groups is 1. The molecule has 1 aromatic rings. The van der Waals surface area contributed by atoms with Gasteiger partial charge in [0.1, 0.15) is 0 Å². The molecule has 0 spiro atoms. The van der Waals surface area contributed by atoms with E-state index in [1.165, 1.54) is 4.88 Å². The van der Waals surface area contributed by atoms with Crippen LogP contribution in [-0.2, 0) is 11.3 Å². The quantitative estimate of drug-likeness (QED) is 0.445. The van der Waals surface area contributed by atoms with Gasteiger partial charge in [0.05, 0.1) is 24.7 Å². The minimum atomic E-state index is 0.0866. The second kappa shape index (κ2) is 8.96. The maximum atomic E-state index is 8.50. The van der Waals surface area contributed by atoms with E-state index in [9.17, 15) is 0 Å². The van der Waals surface area contributed by atoms with E-state index in [1.54, 1.807) is 11.3 Å². The highest BCUT2D eigenvalue weighted by molar-refractivity contribution is 14.1. The average Bonchev–Trinajstić information content (AvgIpc) is 2.72. The maximum Gasteiger partial charge on any atom is 0.0780 e. The third-order valence-electron chi connectivity index (χ3n) is 1.79. The highest BCUT2D eigenvalue weighted by Crippen LogP contribution is 2.14. The molecule has 0 unspecified atom stereocenters. The number of rotatable bonds is 7. The minimum Gasteiger partial charge on any atom is -0.394 e. The van der Waals surface area contributed by atoms with E-state index in [4.69, 9.17) is 9.84 Å². The van der Waals surface area contributed by atoms with Crippen molar-refractivity contribution in [2.75, 3.05) is 26.4 Å². The highest BCUT2D eigenvalue weighted by Gasteiger charge is 1.97. The molecule has 0 aliphatic heterocycles. The van der Waals surface area contributed by atoms with Gasteiger partial charge in [0, 0.05) is 40.6 Å². The fourth-order valence-corrected chi connectivity index (χ4v) is 2.41. The van der Waals surface area contributed by atoms with E-state index in [1.807, 2.05) is 28.7 Å². The Bertz CT molecular complexity index is 356. The Labute approximate surface area is 113 Å². The van der Waals surface area contributed by atoms with Gasteiger partial charge in [0.15, 0.2) is 0 Å².